The first-order valence-corrected chi connectivity index (χ1v) is 6.28. The third-order valence-corrected chi connectivity index (χ3v) is 4.01. The highest BCUT2D eigenvalue weighted by molar-refractivity contribution is 5.94. The Morgan fingerprint density at radius 3 is 2.50 bits per heavy atom. The molecule has 1 aromatic rings. The Balaban J connectivity index is 0.00000120. The molecule has 2 saturated carbocycles. The van der Waals surface area contributed by atoms with E-state index in [1.807, 2.05) is 0 Å². The zero-order chi connectivity index (χ0) is 11.8. The summed E-state index contributed by atoms with van der Waals surface area (Å²) in [5.74, 6) is 2.17. The topological polar surface area (TPSA) is 68.0 Å². The van der Waals surface area contributed by atoms with Crippen LogP contribution in [0.3, 0.4) is 0 Å². The number of nitrogen functional groups attached to an aromatic ring is 1. The second kappa shape index (κ2) is 5.14. The first-order chi connectivity index (χ1) is 8.25. The van der Waals surface area contributed by atoms with Gasteiger partial charge >= 0.3 is 0 Å². The molecule has 0 aliphatic heterocycles. The highest BCUT2D eigenvalue weighted by atomic mass is 35.5. The first kappa shape index (κ1) is 13.1. The number of rotatable bonds is 2. The first-order valence-electron chi connectivity index (χ1n) is 6.28. The number of carbonyl (C=O) groups excluding carboxylic acids is 1. The molecule has 1 aromatic heterocycles. The van der Waals surface area contributed by atoms with Gasteiger partial charge in [0.15, 0.2) is 0 Å². The van der Waals surface area contributed by atoms with Crippen molar-refractivity contribution < 1.29 is 4.79 Å². The van der Waals surface area contributed by atoms with Crippen LogP contribution >= 0.6 is 12.4 Å². The predicted octanol–water partition coefficient (Wildman–Crippen LogP) is 2.46. The Bertz CT molecular complexity index is 422. The molecule has 5 heteroatoms. The minimum Gasteiger partial charge on any atom is -0.384 e. The standard InChI is InChI=1S/C13H17N3O.ClH/c14-11-6-5-8(7-15-11)16-13(17)12-9-3-1-2-4-10(9)12;/h5-7,9-10,12H,1-4H2,(H2,14,15)(H,16,17);1H. The van der Waals surface area contributed by atoms with Crippen molar-refractivity contribution in [3.05, 3.63) is 18.3 Å². The Kier molecular flexibility index (Phi) is 3.76. The van der Waals surface area contributed by atoms with Gasteiger partial charge in [0.1, 0.15) is 5.82 Å². The summed E-state index contributed by atoms with van der Waals surface area (Å²) >= 11 is 0. The van der Waals surface area contributed by atoms with Crippen LogP contribution in [0.4, 0.5) is 11.5 Å². The van der Waals surface area contributed by atoms with Crippen LogP contribution in [-0.2, 0) is 4.79 Å². The lowest BCUT2D eigenvalue weighted by molar-refractivity contribution is -0.117. The quantitative estimate of drug-likeness (QED) is 0.865. The number of nitrogens with zero attached hydrogens (tertiary/aromatic N) is 1. The van der Waals surface area contributed by atoms with Gasteiger partial charge in [-0.25, -0.2) is 4.98 Å². The lowest BCUT2D eigenvalue weighted by atomic mass is 10.0. The smallest absolute Gasteiger partial charge is 0.228 e. The minimum absolute atomic E-state index is 0. The molecule has 4 nitrogen and oxygen atoms in total. The predicted molar refractivity (Wildman–Crippen MR) is 73.5 cm³/mol. The van der Waals surface area contributed by atoms with E-state index in [4.69, 9.17) is 5.73 Å². The summed E-state index contributed by atoms with van der Waals surface area (Å²) in [6.07, 6.45) is 6.63. The van der Waals surface area contributed by atoms with Crippen LogP contribution in [-0.4, -0.2) is 10.9 Å². The second-order valence-electron chi connectivity index (χ2n) is 5.10. The number of amides is 1. The van der Waals surface area contributed by atoms with Gasteiger partial charge < -0.3 is 11.1 Å². The highest BCUT2D eigenvalue weighted by Gasteiger charge is 2.54. The fourth-order valence-electron chi connectivity index (χ4n) is 3.09. The number of halogens is 1. The number of nitrogens with two attached hydrogens (primary N) is 1. The van der Waals surface area contributed by atoms with Crippen LogP contribution in [0.5, 0.6) is 0 Å². The van der Waals surface area contributed by atoms with Crippen LogP contribution in [0.2, 0.25) is 0 Å². The van der Waals surface area contributed by atoms with Gasteiger partial charge in [0, 0.05) is 5.92 Å². The van der Waals surface area contributed by atoms with Gasteiger partial charge in [-0.3, -0.25) is 4.79 Å². The molecule has 0 spiro atoms. The summed E-state index contributed by atoms with van der Waals surface area (Å²) in [5.41, 5.74) is 6.24. The molecule has 3 N–H and O–H groups in total. The monoisotopic (exact) mass is 267 g/mol. The van der Waals surface area contributed by atoms with Crippen molar-refractivity contribution in [2.75, 3.05) is 11.1 Å². The molecule has 2 fully saturated rings. The van der Waals surface area contributed by atoms with Crippen molar-refractivity contribution in [3.8, 4) is 0 Å². The van der Waals surface area contributed by atoms with E-state index in [1.54, 1.807) is 18.3 Å². The van der Waals surface area contributed by atoms with Crippen LogP contribution in [0, 0.1) is 17.8 Å². The normalized spacial score (nSPS) is 28.8. The average Bonchev–Trinajstić information content (AvgIpc) is 3.06. The molecule has 0 saturated heterocycles. The number of pyridine rings is 1. The molecule has 18 heavy (non-hydrogen) atoms. The van der Waals surface area contributed by atoms with Crippen molar-refractivity contribution in [2.24, 2.45) is 17.8 Å². The number of fused-ring (bicyclic) bond motifs is 1. The van der Waals surface area contributed by atoms with E-state index < -0.39 is 0 Å². The summed E-state index contributed by atoms with van der Waals surface area (Å²) in [4.78, 5) is 16.0. The Morgan fingerprint density at radius 1 is 1.28 bits per heavy atom. The SMILES string of the molecule is Cl.Nc1ccc(NC(=O)C2C3CCCCC32)cn1. The molecule has 2 unspecified atom stereocenters. The van der Waals surface area contributed by atoms with Gasteiger partial charge in [-0.2, -0.15) is 0 Å². The number of hydrogen-bond donors (Lipinski definition) is 2. The lowest BCUT2D eigenvalue weighted by Crippen LogP contribution is -2.15. The molecule has 0 radical (unpaired) electrons. The van der Waals surface area contributed by atoms with E-state index in [0.717, 1.165) is 5.69 Å². The molecule has 0 bridgehead atoms. The van der Waals surface area contributed by atoms with E-state index in [9.17, 15) is 4.79 Å². The fraction of sp³-hybridized carbons (Fsp3) is 0.538. The maximum atomic E-state index is 12.1. The molecule has 2 atom stereocenters. The van der Waals surface area contributed by atoms with E-state index in [1.165, 1.54) is 25.7 Å². The number of aromatic nitrogens is 1. The van der Waals surface area contributed by atoms with E-state index >= 15 is 0 Å². The van der Waals surface area contributed by atoms with Crippen LogP contribution in [0.1, 0.15) is 25.7 Å². The molecule has 2 aliphatic carbocycles. The third kappa shape index (κ3) is 2.43. The number of carbonyl (C=O) groups is 1. The van der Waals surface area contributed by atoms with Crippen molar-refractivity contribution in [2.45, 2.75) is 25.7 Å². The molecule has 0 aromatic carbocycles. The highest BCUT2D eigenvalue weighted by Crippen LogP contribution is 2.55. The Labute approximate surface area is 113 Å². The Hall–Kier alpha value is -1.29. The second-order valence-corrected chi connectivity index (χ2v) is 5.10. The molecule has 1 heterocycles. The van der Waals surface area contributed by atoms with E-state index in [2.05, 4.69) is 10.3 Å². The summed E-state index contributed by atoms with van der Waals surface area (Å²) in [6, 6.07) is 3.50. The van der Waals surface area contributed by atoms with Gasteiger partial charge in [-0.05, 0) is 36.8 Å². The fourth-order valence-corrected chi connectivity index (χ4v) is 3.09. The zero-order valence-electron chi connectivity index (χ0n) is 10.1. The average molecular weight is 268 g/mol. The van der Waals surface area contributed by atoms with E-state index in [0.29, 0.717) is 17.7 Å². The zero-order valence-corrected chi connectivity index (χ0v) is 11.0. The van der Waals surface area contributed by atoms with Gasteiger partial charge in [-0.15, -0.1) is 12.4 Å². The van der Waals surface area contributed by atoms with Crippen molar-refractivity contribution >= 4 is 29.8 Å². The Morgan fingerprint density at radius 2 is 1.94 bits per heavy atom. The third-order valence-electron chi connectivity index (χ3n) is 4.01. The number of hydrogen-bond acceptors (Lipinski definition) is 3. The molecule has 1 amide bonds. The number of nitrogens with one attached hydrogen (secondary N) is 1. The maximum absolute atomic E-state index is 12.1. The number of anilines is 2. The van der Waals surface area contributed by atoms with E-state index in [-0.39, 0.29) is 24.2 Å². The summed E-state index contributed by atoms with van der Waals surface area (Å²) in [5, 5.41) is 2.93. The van der Waals surface area contributed by atoms with Gasteiger partial charge in [-0.1, -0.05) is 12.8 Å². The molecular formula is C13H18ClN3O. The largest absolute Gasteiger partial charge is 0.384 e. The molecule has 2 aliphatic rings. The van der Waals surface area contributed by atoms with Crippen LogP contribution in [0.15, 0.2) is 18.3 Å². The van der Waals surface area contributed by atoms with Gasteiger partial charge in [0.2, 0.25) is 5.91 Å². The van der Waals surface area contributed by atoms with Crippen molar-refractivity contribution in [3.63, 3.8) is 0 Å². The lowest BCUT2D eigenvalue weighted by Gasteiger charge is -2.04. The summed E-state index contributed by atoms with van der Waals surface area (Å²) < 4.78 is 0. The van der Waals surface area contributed by atoms with Crippen LogP contribution < -0.4 is 11.1 Å². The minimum atomic E-state index is 0. The van der Waals surface area contributed by atoms with Crippen molar-refractivity contribution in [1.29, 1.82) is 0 Å². The summed E-state index contributed by atoms with van der Waals surface area (Å²) in [6.45, 7) is 0. The maximum Gasteiger partial charge on any atom is 0.228 e. The van der Waals surface area contributed by atoms with Gasteiger partial charge in [0.25, 0.3) is 0 Å². The molecule has 98 valence electrons. The molecular weight excluding hydrogens is 250 g/mol. The summed E-state index contributed by atoms with van der Waals surface area (Å²) in [7, 11) is 0. The van der Waals surface area contributed by atoms with Crippen LogP contribution in [0.25, 0.3) is 0 Å². The molecule has 3 rings (SSSR count). The van der Waals surface area contributed by atoms with Crippen molar-refractivity contribution in [1.82, 2.24) is 4.98 Å². The van der Waals surface area contributed by atoms with Gasteiger partial charge in [0.05, 0.1) is 11.9 Å².